The number of hydrogen-bond acceptors (Lipinski definition) is 3. The first kappa shape index (κ1) is 22.4. The van der Waals surface area contributed by atoms with Crippen molar-refractivity contribution in [3.63, 3.8) is 0 Å². The Bertz CT molecular complexity index is 1220. The minimum Gasteiger partial charge on any atom is -0.457 e. The van der Waals surface area contributed by atoms with E-state index in [1.54, 1.807) is 0 Å². The van der Waals surface area contributed by atoms with Gasteiger partial charge in [-0.3, -0.25) is 4.90 Å². The summed E-state index contributed by atoms with van der Waals surface area (Å²) in [5.74, 6) is 2.26. The first-order valence-corrected chi connectivity index (χ1v) is 11.5. The molecule has 3 nitrogen and oxygen atoms in total. The standard InChI is InChI=1S/C27H24BrClN2O/c1-27(2,3)19-15-25(29)30-26(16-19)31(21-10-5-4-6-11-21)22-12-8-14-24(18-22)32-23-13-7-9-20(28)17-23/h4-18H,1-3H3. The van der Waals surface area contributed by atoms with E-state index in [0.717, 1.165) is 38.7 Å². The number of pyridine rings is 1. The van der Waals surface area contributed by atoms with Gasteiger partial charge in [-0.25, -0.2) is 4.98 Å². The van der Waals surface area contributed by atoms with Gasteiger partial charge in [0, 0.05) is 16.2 Å². The minimum atomic E-state index is -0.0602. The lowest BCUT2D eigenvalue weighted by molar-refractivity contribution is 0.482. The van der Waals surface area contributed by atoms with Crippen LogP contribution in [-0.4, -0.2) is 4.98 Å². The second-order valence-electron chi connectivity index (χ2n) is 8.51. The highest BCUT2D eigenvalue weighted by molar-refractivity contribution is 9.10. The molecule has 0 saturated carbocycles. The maximum absolute atomic E-state index is 6.46. The molecule has 1 heterocycles. The number of aromatic nitrogens is 1. The molecule has 1 aromatic heterocycles. The maximum Gasteiger partial charge on any atom is 0.139 e. The highest BCUT2D eigenvalue weighted by Crippen LogP contribution is 2.38. The van der Waals surface area contributed by atoms with Crippen LogP contribution in [0.1, 0.15) is 26.3 Å². The first-order valence-electron chi connectivity index (χ1n) is 10.4. The molecule has 4 aromatic rings. The van der Waals surface area contributed by atoms with Crippen molar-refractivity contribution in [2.75, 3.05) is 4.90 Å². The smallest absolute Gasteiger partial charge is 0.139 e. The van der Waals surface area contributed by atoms with E-state index in [2.05, 4.69) is 64.8 Å². The lowest BCUT2D eigenvalue weighted by atomic mass is 9.87. The Morgan fingerprint density at radius 2 is 1.44 bits per heavy atom. The van der Waals surface area contributed by atoms with Crippen molar-refractivity contribution in [1.82, 2.24) is 4.98 Å². The highest BCUT2D eigenvalue weighted by atomic mass is 79.9. The molecule has 0 aliphatic heterocycles. The molecule has 0 fully saturated rings. The van der Waals surface area contributed by atoms with Gasteiger partial charge in [0.2, 0.25) is 0 Å². The third-order valence-corrected chi connectivity index (χ3v) is 5.68. The number of para-hydroxylation sites is 1. The van der Waals surface area contributed by atoms with Gasteiger partial charge < -0.3 is 4.74 Å². The summed E-state index contributed by atoms with van der Waals surface area (Å²) in [5.41, 5.74) is 2.98. The van der Waals surface area contributed by atoms with E-state index in [-0.39, 0.29) is 5.41 Å². The van der Waals surface area contributed by atoms with Crippen molar-refractivity contribution in [2.24, 2.45) is 0 Å². The summed E-state index contributed by atoms with van der Waals surface area (Å²) in [6.45, 7) is 6.51. The van der Waals surface area contributed by atoms with Crippen LogP contribution < -0.4 is 9.64 Å². The third-order valence-electron chi connectivity index (χ3n) is 5.00. The summed E-state index contributed by atoms with van der Waals surface area (Å²) >= 11 is 9.96. The fourth-order valence-electron chi connectivity index (χ4n) is 3.37. The fourth-order valence-corrected chi connectivity index (χ4v) is 3.96. The van der Waals surface area contributed by atoms with Gasteiger partial charge in [0.05, 0.1) is 5.69 Å². The number of benzene rings is 3. The summed E-state index contributed by atoms with van der Waals surface area (Å²) < 4.78 is 7.09. The van der Waals surface area contributed by atoms with Gasteiger partial charge in [-0.1, -0.05) is 78.6 Å². The lowest BCUT2D eigenvalue weighted by Crippen LogP contribution is -2.16. The van der Waals surface area contributed by atoms with Crippen molar-refractivity contribution < 1.29 is 4.74 Å². The van der Waals surface area contributed by atoms with Crippen molar-refractivity contribution in [3.8, 4) is 11.5 Å². The maximum atomic E-state index is 6.46. The number of ether oxygens (including phenoxy) is 1. The van der Waals surface area contributed by atoms with E-state index in [1.165, 1.54) is 0 Å². The minimum absolute atomic E-state index is 0.0602. The van der Waals surface area contributed by atoms with Gasteiger partial charge in [0.25, 0.3) is 0 Å². The summed E-state index contributed by atoms with van der Waals surface area (Å²) in [7, 11) is 0. The molecule has 0 amide bonds. The zero-order valence-electron chi connectivity index (χ0n) is 18.2. The number of nitrogens with zero attached hydrogens (tertiary/aromatic N) is 2. The van der Waals surface area contributed by atoms with Gasteiger partial charge in [0.15, 0.2) is 0 Å². The molecule has 4 rings (SSSR count). The van der Waals surface area contributed by atoms with Crippen LogP contribution in [0.2, 0.25) is 5.15 Å². The molecule has 0 bridgehead atoms. The SMILES string of the molecule is CC(C)(C)c1cc(Cl)nc(N(c2ccccc2)c2cccc(Oc3cccc(Br)c3)c2)c1. The van der Waals surface area contributed by atoms with Crippen molar-refractivity contribution in [1.29, 1.82) is 0 Å². The normalized spacial score (nSPS) is 11.3. The first-order chi connectivity index (χ1) is 15.3. The van der Waals surface area contributed by atoms with Crippen LogP contribution in [0.3, 0.4) is 0 Å². The highest BCUT2D eigenvalue weighted by Gasteiger charge is 2.20. The molecule has 0 radical (unpaired) electrons. The zero-order chi connectivity index (χ0) is 22.7. The summed E-state index contributed by atoms with van der Waals surface area (Å²) in [5, 5.41) is 0.467. The Labute approximate surface area is 202 Å². The molecule has 0 aliphatic rings. The van der Waals surface area contributed by atoms with Crippen LogP contribution in [0.15, 0.2) is 95.5 Å². The number of hydrogen-bond donors (Lipinski definition) is 0. The molecule has 0 aliphatic carbocycles. The monoisotopic (exact) mass is 506 g/mol. The summed E-state index contributed by atoms with van der Waals surface area (Å²) in [6.07, 6.45) is 0. The Morgan fingerprint density at radius 3 is 2.12 bits per heavy atom. The van der Waals surface area contributed by atoms with E-state index >= 15 is 0 Å². The van der Waals surface area contributed by atoms with Gasteiger partial charge >= 0.3 is 0 Å². The van der Waals surface area contributed by atoms with Crippen LogP contribution >= 0.6 is 27.5 Å². The Hall–Kier alpha value is -2.82. The molecule has 3 aromatic carbocycles. The Kier molecular flexibility index (Phi) is 6.54. The topological polar surface area (TPSA) is 25.4 Å². The molecule has 32 heavy (non-hydrogen) atoms. The lowest BCUT2D eigenvalue weighted by Gasteiger charge is -2.27. The molecule has 0 unspecified atom stereocenters. The van der Waals surface area contributed by atoms with Gasteiger partial charge in [0.1, 0.15) is 22.5 Å². The molecule has 0 spiro atoms. The van der Waals surface area contributed by atoms with Gasteiger partial charge in [-0.15, -0.1) is 0 Å². The Balaban J connectivity index is 1.80. The quantitative estimate of drug-likeness (QED) is 0.252. The van der Waals surface area contributed by atoms with Crippen molar-refractivity contribution in [2.45, 2.75) is 26.2 Å². The molecule has 0 atom stereocenters. The average Bonchev–Trinajstić information content (AvgIpc) is 2.74. The van der Waals surface area contributed by atoms with Gasteiger partial charge in [-0.2, -0.15) is 0 Å². The summed E-state index contributed by atoms with van der Waals surface area (Å²) in [4.78, 5) is 6.76. The molecular weight excluding hydrogens is 484 g/mol. The van der Waals surface area contributed by atoms with Gasteiger partial charge in [-0.05, 0) is 65.6 Å². The Morgan fingerprint density at radius 1 is 0.781 bits per heavy atom. The molecule has 162 valence electrons. The van der Waals surface area contributed by atoms with Crippen LogP contribution in [-0.2, 0) is 5.41 Å². The molecular formula is C27H24BrClN2O. The van der Waals surface area contributed by atoms with Crippen molar-refractivity contribution in [3.05, 3.63) is 106 Å². The van der Waals surface area contributed by atoms with E-state index in [1.807, 2.05) is 72.8 Å². The van der Waals surface area contributed by atoms with Crippen LogP contribution in [0.4, 0.5) is 17.2 Å². The van der Waals surface area contributed by atoms with Crippen LogP contribution in [0.25, 0.3) is 0 Å². The zero-order valence-corrected chi connectivity index (χ0v) is 20.6. The number of rotatable bonds is 5. The van der Waals surface area contributed by atoms with Crippen molar-refractivity contribution >= 4 is 44.7 Å². The van der Waals surface area contributed by atoms with Crippen LogP contribution in [0, 0.1) is 0 Å². The number of anilines is 3. The third kappa shape index (κ3) is 5.32. The number of halogens is 2. The molecule has 0 saturated heterocycles. The predicted octanol–water partition coefficient (Wildman–Crippen LogP) is 9.06. The van der Waals surface area contributed by atoms with E-state index < -0.39 is 0 Å². The summed E-state index contributed by atoms with van der Waals surface area (Å²) in [6, 6.07) is 29.9. The largest absolute Gasteiger partial charge is 0.457 e. The second-order valence-corrected chi connectivity index (χ2v) is 9.82. The average molecular weight is 508 g/mol. The van der Waals surface area contributed by atoms with E-state index in [4.69, 9.17) is 16.3 Å². The fraction of sp³-hybridized carbons (Fsp3) is 0.148. The second kappa shape index (κ2) is 9.35. The molecule has 5 heteroatoms. The predicted molar refractivity (Wildman–Crippen MR) is 137 cm³/mol. The van der Waals surface area contributed by atoms with E-state index in [0.29, 0.717) is 5.15 Å². The van der Waals surface area contributed by atoms with E-state index in [9.17, 15) is 0 Å². The molecule has 0 N–H and O–H groups in total. The van der Waals surface area contributed by atoms with Crippen LogP contribution in [0.5, 0.6) is 11.5 Å².